The Morgan fingerprint density at radius 1 is 1.42 bits per heavy atom. The van der Waals surface area contributed by atoms with Crippen LogP contribution in [0.2, 0.25) is 0 Å². The van der Waals surface area contributed by atoms with Gasteiger partial charge in [-0.15, -0.1) is 11.8 Å². The van der Waals surface area contributed by atoms with Crippen molar-refractivity contribution in [3.63, 3.8) is 0 Å². The molecule has 1 aliphatic heterocycles. The first-order chi connectivity index (χ1) is 9.03. The number of thioether (sulfide) groups is 1. The van der Waals surface area contributed by atoms with E-state index in [2.05, 4.69) is 10.3 Å². The van der Waals surface area contributed by atoms with Crippen LogP contribution in [0.4, 0.5) is 4.39 Å². The summed E-state index contributed by atoms with van der Waals surface area (Å²) in [6.45, 7) is 4.00. The first-order valence-electron chi connectivity index (χ1n) is 5.95. The Hall–Kier alpha value is -1.56. The maximum atomic E-state index is 13.0. The van der Waals surface area contributed by atoms with Crippen molar-refractivity contribution in [2.24, 2.45) is 5.16 Å². The molecule has 0 saturated heterocycles. The molecule has 4 nitrogen and oxygen atoms in total. The van der Waals surface area contributed by atoms with Crippen LogP contribution in [0.15, 0.2) is 27.9 Å². The summed E-state index contributed by atoms with van der Waals surface area (Å²) in [6.07, 6.45) is 0.794. The third-order valence-corrected chi connectivity index (χ3v) is 3.83. The second kappa shape index (κ2) is 4.52. The summed E-state index contributed by atoms with van der Waals surface area (Å²) in [7, 11) is 0. The fraction of sp³-hybridized carbons (Fsp3) is 0.385. The maximum Gasteiger partial charge on any atom is 0.170 e. The molecule has 2 aromatic rings. The maximum absolute atomic E-state index is 13.0. The minimum atomic E-state index is -0.321. The third kappa shape index (κ3) is 2.58. The molecule has 0 aliphatic carbocycles. The molecule has 19 heavy (non-hydrogen) atoms. The van der Waals surface area contributed by atoms with Gasteiger partial charge in [0.25, 0.3) is 0 Å². The Balaban J connectivity index is 1.73. The van der Waals surface area contributed by atoms with Crippen LogP contribution in [0.25, 0.3) is 11.0 Å². The first kappa shape index (κ1) is 12.5. The monoisotopic (exact) mass is 280 g/mol. The summed E-state index contributed by atoms with van der Waals surface area (Å²) < 4.78 is 18.1. The number of hydrogen-bond acceptors (Lipinski definition) is 5. The lowest BCUT2D eigenvalue weighted by Crippen LogP contribution is -2.18. The Kier molecular flexibility index (Phi) is 2.97. The lowest BCUT2D eigenvalue weighted by Gasteiger charge is -2.12. The molecule has 1 aliphatic rings. The standard InChI is InChI=1S/C13H13FN2O2S/c1-13(2)6-12(16-18-13)19-7-10-9-4-3-8(14)5-11(9)17-15-10/h3-5H,6-7H2,1-2H3. The molecule has 0 radical (unpaired) electrons. The number of hydrogen-bond donors (Lipinski definition) is 0. The molecule has 1 aromatic carbocycles. The van der Waals surface area contributed by atoms with Crippen LogP contribution in [-0.2, 0) is 10.6 Å². The van der Waals surface area contributed by atoms with Gasteiger partial charge in [0.2, 0.25) is 0 Å². The molecular formula is C13H13FN2O2S. The Morgan fingerprint density at radius 3 is 3.00 bits per heavy atom. The fourth-order valence-corrected chi connectivity index (χ4v) is 2.95. The van der Waals surface area contributed by atoms with Crippen molar-refractivity contribution in [2.45, 2.75) is 31.6 Å². The zero-order valence-corrected chi connectivity index (χ0v) is 11.5. The quantitative estimate of drug-likeness (QED) is 0.841. The summed E-state index contributed by atoms with van der Waals surface area (Å²) in [6, 6.07) is 4.44. The second-order valence-corrected chi connectivity index (χ2v) is 6.12. The predicted molar refractivity (Wildman–Crippen MR) is 72.5 cm³/mol. The molecule has 0 saturated carbocycles. The Labute approximate surface area is 114 Å². The average Bonchev–Trinajstić information content (AvgIpc) is 2.89. The minimum absolute atomic E-state index is 0.225. The zero-order chi connectivity index (χ0) is 13.5. The lowest BCUT2D eigenvalue weighted by molar-refractivity contribution is 0.0123. The van der Waals surface area contributed by atoms with Gasteiger partial charge >= 0.3 is 0 Å². The molecule has 100 valence electrons. The highest BCUT2D eigenvalue weighted by Gasteiger charge is 2.29. The van der Waals surface area contributed by atoms with Gasteiger partial charge in [-0.25, -0.2) is 4.39 Å². The van der Waals surface area contributed by atoms with Gasteiger partial charge in [-0.05, 0) is 26.0 Å². The highest BCUT2D eigenvalue weighted by molar-refractivity contribution is 8.13. The van der Waals surface area contributed by atoms with Crippen LogP contribution >= 0.6 is 11.8 Å². The smallest absolute Gasteiger partial charge is 0.170 e. The predicted octanol–water partition coefficient (Wildman–Crippen LogP) is 3.71. The molecule has 0 N–H and O–H groups in total. The van der Waals surface area contributed by atoms with E-state index in [1.54, 1.807) is 17.8 Å². The van der Waals surface area contributed by atoms with E-state index in [0.29, 0.717) is 11.3 Å². The van der Waals surface area contributed by atoms with Gasteiger partial charge in [0, 0.05) is 23.6 Å². The summed E-state index contributed by atoms with van der Waals surface area (Å²) in [5.74, 6) is 0.315. The Bertz CT molecular complexity index is 651. The van der Waals surface area contributed by atoms with E-state index in [1.807, 2.05) is 13.8 Å². The molecule has 0 unspecified atom stereocenters. The normalized spacial score (nSPS) is 17.5. The van der Waals surface area contributed by atoms with E-state index >= 15 is 0 Å². The van der Waals surface area contributed by atoms with Crippen LogP contribution < -0.4 is 0 Å². The van der Waals surface area contributed by atoms with Crippen molar-refractivity contribution in [3.05, 3.63) is 29.7 Å². The van der Waals surface area contributed by atoms with Gasteiger partial charge in [-0.1, -0.05) is 10.3 Å². The van der Waals surface area contributed by atoms with E-state index in [0.717, 1.165) is 22.5 Å². The van der Waals surface area contributed by atoms with Crippen LogP contribution in [0.1, 0.15) is 26.0 Å². The summed E-state index contributed by atoms with van der Waals surface area (Å²) in [5.41, 5.74) is 1.05. The third-order valence-electron chi connectivity index (χ3n) is 2.86. The van der Waals surface area contributed by atoms with Gasteiger partial charge in [0.1, 0.15) is 22.2 Å². The van der Waals surface area contributed by atoms with Crippen molar-refractivity contribution in [2.75, 3.05) is 0 Å². The fourth-order valence-electron chi connectivity index (χ4n) is 1.90. The molecule has 0 spiro atoms. The molecule has 6 heteroatoms. The van der Waals surface area contributed by atoms with Crippen LogP contribution in [0, 0.1) is 5.82 Å². The van der Waals surface area contributed by atoms with E-state index in [-0.39, 0.29) is 11.4 Å². The minimum Gasteiger partial charge on any atom is -0.389 e. The van der Waals surface area contributed by atoms with Crippen molar-refractivity contribution in [1.82, 2.24) is 5.16 Å². The second-order valence-electron chi connectivity index (χ2n) is 5.07. The highest BCUT2D eigenvalue weighted by Crippen LogP contribution is 2.30. The summed E-state index contributed by atoms with van der Waals surface area (Å²) in [5, 5.41) is 9.81. The molecule has 1 aromatic heterocycles. The van der Waals surface area contributed by atoms with Gasteiger partial charge in [-0.2, -0.15) is 0 Å². The molecule has 2 heterocycles. The van der Waals surface area contributed by atoms with E-state index in [9.17, 15) is 4.39 Å². The SMILES string of the molecule is CC1(C)CC(SCc2noc3cc(F)ccc23)=NO1. The number of halogens is 1. The molecule has 0 atom stereocenters. The summed E-state index contributed by atoms with van der Waals surface area (Å²) in [4.78, 5) is 5.30. The van der Waals surface area contributed by atoms with E-state index < -0.39 is 0 Å². The van der Waals surface area contributed by atoms with Crippen molar-refractivity contribution < 1.29 is 13.8 Å². The van der Waals surface area contributed by atoms with Gasteiger partial charge in [0.15, 0.2) is 5.58 Å². The van der Waals surface area contributed by atoms with E-state index in [1.165, 1.54) is 12.1 Å². The molecule has 0 bridgehead atoms. The van der Waals surface area contributed by atoms with Crippen molar-refractivity contribution >= 4 is 27.8 Å². The topological polar surface area (TPSA) is 47.6 Å². The van der Waals surface area contributed by atoms with Crippen molar-refractivity contribution in [3.8, 4) is 0 Å². The van der Waals surface area contributed by atoms with Crippen LogP contribution in [0.3, 0.4) is 0 Å². The zero-order valence-electron chi connectivity index (χ0n) is 10.6. The first-order valence-corrected chi connectivity index (χ1v) is 6.94. The van der Waals surface area contributed by atoms with Crippen LogP contribution in [0.5, 0.6) is 0 Å². The highest BCUT2D eigenvalue weighted by atomic mass is 32.2. The van der Waals surface area contributed by atoms with E-state index in [4.69, 9.17) is 9.36 Å². The number of benzene rings is 1. The summed E-state index contributed by atoms with van der Waals surface area (Å²) >= 11 is 1.57. The molecule has 0 amide bonds. The number of aromatic nitrogens is 1. The van der Waals surface area contributed by atoms with Gasteiger partial charge in [-0.3, -0.25) is 0 Å². The molecule has 0 fully saturated rings. The largest absolute Gasteiger partial charge is 0.389 e. The van der Waals surface area contributed by atoms with Gasteiger partial charge < -0.3 is 9.36 Å². The number of rotatable bonds is 2. The van der Waals surface area contributed by atoms with Crippen LogP contribution in [-0.4, -0.2) is 15.8 Å². The van der Waals surface area contributed by atoms with Crippen molar-refractivity contribution in [1.29, 1.82) is 0 Å². The molecular weight excluding hydrogens is 267 g/mol. The number of fused-ring (bicyclic) bond motifs is 1. The Morgan fingerprint density at radius 2 is 2.26 bits per heavy atom. The number of oxime groups is 1. The number of nitrogens with zero attached hydrogens (tertiary/aromatic N) is 2. The average molecular weight is 280 g/mol. The van der Waals surface area contributed by atoms with Gasteiger partial charge in [0.05, 0.1) is 0 Å². The lowest BCUT2D eigenvalue weighted by atomic mass is 10.1. The molecule has 3 rings (SSSR count).